The average molecular weight is 255 g/mol. The van der Waals surface area contributed by atoms with Crippen LogP contribution in [0.15, 0.2) is 36.4 Å². The van der Waals surface area contributed by atoms with Gasteiger partial charge in [-0.2, -0.15) is 0 Å². The van der Waals surface area contributed by atoms with Gasteiger partial charge >= 0.3 is 5.97 Å². The summed E-state index contributed by atoms with van der Waals surface area (Å²) in [6, 6.07) is 7.39. The highest BCUT2D eigenvalue weighted by molar-refractivity contribution is 6.31. The van der Waals surface area contributed by atoms with E-state index in [9.17, 15) is 4.79 Å². The Balaban J connectivity index is 2.36. The van der Waals surface area contributed by atoms with E-state index in [1.54, 1.807) is 13.0 Å². The van der Waals surface area contributed by atoms with Crippen LogP contribution in [0, 0.1) is 0 Å². The van der Waals surface area contributed by atoms with Gasteiger partial charge in [0.2, 0.25) is 0 Å². The van der Waals surface area contributed by atoms with Crippen LogP contribution in [0.25, 0.3) is 0 Å². The fraction of sp³-hybridized carbons (Fsp3) is 0.308. The molecule has 0 radical (unpaired) electrons. The molecule has 1 rings (SSSR count). The quantitative estimate of drug-likeness (QED) is 0.578. The summed E-state index contributed by atoms with van der Waals surface area (Å²) >= 11 is 5.96. The SMILES string of the molecule is C=C(COCc1ccccc1Cl)C(=O)OCC. The molecule has 0 atom stereocenters. The van der Waals surface area contributed by atoms with Crippen molar-refractivity contribution in [2.75, 3.05) is 13.2 Å². The van der Waals surface area contributed by atoms with Crippen molar-refractivity contribution < 1.29 is 14.3 Å². The molecule has 0 amide bonds. The minimum Gasteiger partial charge on any atom is -0.463 e. The second-order valence-corrected chi connectivity index (χ2v) is 3.82. The molecule has 0 unspecified atom stereocenters. The molecule has 0 aliphatic carbocycles. The van der Waals surface area contributed by atoms with E-state index >= 15 is 0 Å². The van der Waals surface area contributed by atoms with Crippen LogP contribution in [0.1, 0.15) is 12.5 Å². The summed E-state index contributed by atoms with van der Waals surface area (Å²) in [5.41, 5.74) is 1.18. The molecule has 3 nitrogen and oxygen atoms in total. The van der Waals surface area contributed by atoms with Crippen LogP contribution in [0.5, 0.6) is 0 Å². The number of benzene rings is 1. The minimum atomic E-state index is -0.424. The van der Waals surface area contributed by atoms with Crippen molar-refractivity contribution in [2.45, 2.75) is 13.5 Å². The summed E-state index contributed by atoms with van der Waals surface area (Å²) in [6.07, 6.45) is 0. The maximum atomic E-state index is 11.2. The lowest BCUT2D eigenvalue weighted by Crippen LogP contribution is -2.11. The summed E-state index contributed by atoms with van der Waals surface area (Å²) in [5.74, 6) is -0.424. The van der Waals surface area contributed by atoms with Gasteiger partial charge in [0.05, 0.1) is 25.4 Å². The van der Waals surface area contributed by atoms with Gasteiger partial charge in [-0.1, -0.05) is 36.4 Å². The Bertz CT molecular complexity index is 401. The topological polar surface area (TPSA) is 35.5 Å². The normalized spacial score (nSPS) is 10.0. The van der Waals surface area contributed by atoms with Crippen molar-refractivity contribution in [3.63, 3.8) is 0 Å². The number of rotatable bonds is 6. The molecule has 1 aromatic rings. The van der Waals surface area contributed by atoms with Gasteiger partial charge in [0.1, 0.15) is 0 Å². The zero-order chi connectivity index (χ0) is 12.7. The molecule has 0 N–H and O–H groups in total. The highest BCUT2D eigenvalue weighted by Crippen LogP contribution is 2.15. The second kappa shape index (κ2) is 7.09. The van der Waals surface area contributed by atoms with Crippen LogP contribution in [-0.2, 0) is 20.9 Å². The van der Waals surface area contributed by atoms with Gasteiger partial charge in [-0.05, 0) is 18.6 Å². The van der Waals surface area contributed by atoms with Gasteiger partial charge in [0, 0.05) is 5.02 Å². The average Bonchev–Trinajstić information content (AvgIpc) is 2.31. The number of esters is 1. The molecule has 0 saturated carbocycles. The Morgan fingerprint density at radius 2 is 2.12 bits per heavy atom. The van der Waals surface area contributed by atoms with E-state index in [0.717, 1.165) is 5.56 Å². The summed E-state index contributed by atoms with van der Waals surface area (Å²) in [6.45, 7) is 6.16. The first-order valence-corrected chi connectivity index (χ1v) is 5.69. The molecule has 0 spiro atoms. The monoisotopic (exact) mass is 254 g/mol. The van der Waals surface area contributed by atoms with Crippen molar-refractivity contribution in [3.05, 3.63) is 47.0 Å². The Morgan fingerprint density at radius 3 is 2.76 bits per heavy atom. The molecular weight excluding hydrogens is 240 g/mol. The first-order chi connectivity index (χ1) is 8.15. The van der Waals surface area contributed by atoms with Crippen molar-refractivity contribution in [1.29, 1.82) is 0 Å². The van der Waals surface area contributed by atoms with Crippen LogP contribution in [0.4, 0.5) is 0 Å². The standard InChI is InChI=1S/C13H15ClO3/c1-3-17-13(15)10(2)8-16-9-11-6-4-5-7-12(11)14/h4-7H,2-3,8-9H2,1H3. The first kappa shape index (κ1) is 13.7. The largest absolute Gasteiger partial charge is 0.463 e. The predicted molar refractivity (Wildman–Crippen MR) is 66.9 cm³/mol. The summed E-state index contributed by atoms with van der Waals surface area (Å²) in [5, 5.41) is 0.647. The van der Waals surface area contributed by atoms with Crippen LogP contribution < -0.4 is 0 Å². The summed E-state index contributed by atoms with van der Waals surface area (Å²) in [4.78, 5) is 11.2. The molecule has 1 aromatic carbocycles. The molecule has 0 saturated heterocycles. The number of carbonyl (C=O) groups excluding carboxylic acids is 1. The molecule has 0 aromatic heterocycles. The van der Waals surface area contributed by atoms with Crippen molar-refractivity contribution in [2.24, 2.45) is 0 Å². The molecule has 92 valence electrons. The van der Waals surface area contributed by atoms with Crippen molar-refractivity contribution >= 4 is 17.6 Å². The van der Waals surface area contributed by atoms with Gasteiger partial charge in [0.25, 0.3) is 0 Å². The lowest BCUT2D eigenvalue weighted by Gasteiger charge is -2.07. The predicted octanol–water partition coefficient (Wildman–Crippen LogP) is 2.98. The maximum Gasteiger partial charge on any atom is 0.335 e. The molecule has 0 fully saturated rings. The van der Waals surface area contributed by atoms with E-state index in [0.29, 0.717) is 23.8 Å². The highest BCUT2D eigenvalue weighted by atomic mass is 35.5. The lowest BCUT2D eigenvalue weighted by molar-refractivity contribution is -0.139. The minimum absolute atomic E-state index is 0.143. The maximum absolute atomic E-state index is 11.2. The van der Waals surface area contributed by atoms with Gasteiger partial charge in [-0.3, -0.25) is 0 Å². The number of carbonyl (C=O) groups is 1. The van der Waals surface area contributed by atoms with Crippen LogP contribution in [0.3, 0.4) is 0 Å². The molecule has 17 heavy (non-hydrogen) atoms. The van der Waals surface area contributed by atoms with Gasteiger partial charge in [-0.15, -0.1) is 0 Å². The number of hydrogen-bond acceptors (Lipinski definition) is 3. The third kappa shape index (κ3) is 4.59. The molecule has 0 heterocycles. The highest BCUT2D eigenvalue weighted by Gasteiger charge is 2.08. The second-order valence-electron chi connectivity index (χ2n) is 3.41. The Hall–Kier alpha value is -1.32. The fourth-order valence-electron chi connectivity index (χ4n) is 1.19. The number of ether oxygens (including phenoxy) is 2. The lowest BCUT2D eigenvalue weighted by atomic mass is 10.2. The summed E-state index contributed by atoms with van der Waals surface area (Å²) < 4.78 is 10.1. The third-order valence-corrected chi connectivity index (χ3v) is 2.42. The zero-order valence-electron chi connectivity index (χ0n) is 9.74. The third-order valence-electron chi connectivity index (χ3n) is 2.06. The number of halogens is 1. The molecule has 0 aliphatic rings. The van der Waals surface area contributed by atoms with E-state index in [4.69, 9.17) is 21.1 Å². The van der Waals surface area contributed by atoms with E-state index in [1.807, 2.05) is 18.2 Å². The number of hydrogen-bond donors (Lipinski definition) is 0. The molecule has 0 bridgehead atoms. The van der Waals surface area contributed by atoms with Crippen LogP contribution in [0.2, 0.25) is 5.02 Å². The van der Waals surface area contributed by atoms with E-state index in [1.165, 1.54) is 0 Å². The Labute approximate surface area is 106 Å². The smallest absolute Gasteiger partial charge is 0.335 e. The van der Waals surface area contributed by atoms with E-state index < -0.39 is 5.97 Å². The van der Waals surface area contributed by atoms with Gasteiger partial charge in [0.15, 0.2) is 0 Å². The Morgan fingerprint density at radius 1 is 1.41 bits per heavy atom. The van der Waals surface area contributed by atoms with Crippen molar-refractivity contribution in [3.8, 4) is 0 Å². The molecule has 4 heteroatoms. The Kier molecular flexibility index (Phi) is 5.73. The fourth-order valence-corrected chi connectivity index (χ4v) is 1.38. The molecular formula is C13H15ClO3. The van der Waals surface area contributed by atoms with Crippen molar-refractivity contribution in [1.82, 2.24) is 0 Å². The first-order valence-electron chi connectivity index (χ1n) is 5.31. The van der Waals surface area contributed by atoms with Crippen LogP contribution in [-0.4, -0.2) is 19.2 Å². The van der Waals surface area contributed by atoms with Gasteiger partial charge in [-0.25, -0.2) is 4.79 Å². The molecule has 0 aliphatic heterocycles. The van der Waals surface area contributed by atoms with E-state index in [2.05, 4.69) is 6.58 Å². The van der Waals surface area contributed by atoms with Crippen LogP contribution >= 0.6 is 11.6 Å². The zero-order valence-corrected chi connectivity index (χ0v) is 10.5. The van der Waals surface area contributed by atoms with Gasteiger partial charge < -0.3 is 9.47 Å². The summed E-state index contributed by atoms with van der Waals surface area (Å²) in [7, 11) is 0. The van der Waals surface area contributed by atoms with E-state index in [-0.39, 0.29) is 6.61 Å².